The molecule has 0 atom stereocenters. The molecule has 2 heterocycles. The number of ether oxygens (including phenoxy) is 2. The van der Waals surface area contributed by atoms with Crippen molar-refractivity contribution < 1.29 is 23.8 Å². The van der Waals surface area contributed by atoms with Crippen LogP contribution >= 0.6 is 11.6 Å². The maximum Gasteiger partial charge on any atom is 0.251 e. The second-order valence-corrected chi connectivity index (χ2v) is 9.00. The van der Waals surface area contributed by atoms with Crippen LogP contribution in [0.5, 0.6) is 11.6 Å². The van der Waals surface area contributed by atoms with Gasteiger partial charge in [0.1, 0.15) is 11.6 Å². The van der Waals surface area contributed by atoms with E-state index in [1.165, 1.54) is 16.7 Å². The molecule has 3 aromatic carbocycles. The molecule has 36 heavy (non-hydrogen) atoms. The average Bonchev–Trinajstić information content (AvgIpc) is 3.11. The van der Waals surface area contributed by atoms with Crippen molar-refractivity contribution >= 4 is 34.1 Å². The second kappa shape index (κ2) is 9.60. The summed E-state index contributed by atoms with van der Waals surface area (Å²) in [6, 6.07) is 12.8. The highest BCUT2D eigenvalue weighted by molar-refractivity contribution is 6.30. The Bertz CT molecular complexity index is 1500. The zero-order valence-corrected chi connectivity index (χ0v) is 19.9. The average molecular weight is 510 g/mol. The minimum Gasteiger partial charge on any atom is -0.493 e. The van der Waals surface area contributed by atoms with Gasteiger partial charge in [-0.1, -0.05) is 17.7 Å². The lowest BCUT2D eigenvalue weighted by molar-refractivity contribution is -0.0173. The van der Waals surface area contributed by atoms with Crippen molar-refractivity contribution in [1.29, 1.82) is 0 Å². The molecule has 1 aromatic heterocycles. The summed E-state index contributed by atoms with van der Waals surface area (Å²) < 4.78 is 26.5. The van der Waals surface area contributed by atoms with Crippen LogP contribution in [0.3, 0.4) is 0 Å². The minimum atomic E-state index is -0.487. The van der Waals surface area contributed by atoms with Gasteiger partial charge in [0.05, 0.1) is 18.7 Å². The van der Waals surface area contributed by atoms with Crippen LogP contribution in [0.15, 0.2) is 53.7 Å². The molecule has 0 fully saturated rings. The zero-order valence-electron chi connectivity index (χ0n) is 19.2. The summed E-state index contributed by atoms with van der Waals surface area (Å²) in [5, 5.41) is 17.5. The van der Waals surface area contributed by atoms with Gasteiger partial charge in [-0.15, -0.1) is 4.91 Å². The number of halogens is 2. The third-order valence-electron chi connectivity index (χ3n) is 6.00. The Morgan fingerprint density at radius 1 is 1.22 bits per heavy atom. The zero-order chi connectivity index (χ0) is 25.4. The van der Waals surface area contributed by atoms with Crippen molar-refractivity contribution in [3.05, 3.63) is 92.1 Å². The molecule has 0 saturated carbocycles. The van der Waals surface area contributed by atoms with Crippen LogP contribution in [0.2, 0.25) is 5.02 Å². The molecule has 10 heteroatoms. The van der Waals surface area contributed by atoms with Crippen LogP contribution in [0.25, 0.3) is 10.9 Å². The molecule has 1 aliphatic rings. The number of benzene rings is 3. The van der Waals surface area contributed by atoms with E-state index in [0.717, 1.165) is 11.1 Å². The molecule has 8 nitrogen and oxygen atoms in total. The largest absolute Gasteiger partial charge is 0.493 e. The van der Waals surface area contributed by atoms with E-state index in [2.05, 4.69) is 10.5 Å². The number of aromatic nitrogens is 1. The summed E-state index contributed by atoms with van der Waals surface area (Å²) in [7, 11) is 0. The molecule has 2 N–H and O–H groups in total. The predicted molar refractivity (Wildman–Crippen MR) is 132 cm³/mol. The first-order valence-corrected chi connectivity index (χ1v) is 11.5. The minimum absolute atomic E-state index is 0.0155. The number of rotatable bonds is 6. The highest BCUT2D eigenvalue weighted by atomic mass is 35.5. The van der Waals surface area contributed by atoms with Crippen molar-refractivity contribution in [2.45, 2.75) is 26.6 Å². The first-order valence-electron chi connectivity index (χ1n) is 11.1. The van der Waals surface area contributed by atoms with Crippen LogP contribution in [0, 0.1) is 17.6 Å². The van der Waals surface area contributed by atoms with E-state index in [4.69, 9.17) is 21.1 Å². The highest BCUT2D eigenvalue weighted by Gasteiger charge is 2.23. The van der Waals surface area contributed by atoms with Gasteiger partial charge in [-0.05, 0) is 65.7 Å². The summed E-state index contributed by atoms with van der Waals surface area (Å²) in [5.41, 5.74) is 3.34. The van der Waals surface area contributed by atoms with E-state index >= 15 is 0 Å². The maximum atomic E-state index is 14.3. The first kappa shape index (κ1) is 23.8. The third-order valence-corrected chi connectivity index (χ3v) is 6.22. The van der Waals surface area contributed by atoms with E-state index in [1.807, 2.05) is 19.1 Å². The fourth-order valence-electron chi connectivity index (χ4n) is 4.45. The molecule has 1 aliphatic heterocycles. The van der Waals surface area contributed by atoms with Crippen LogP contribution in [0.4, 0.5) is 10.1 Å². The fraction of sp³-hybridized carbons (Fsp3) is 0.192. The Hall–Kier alpha value is -3.95. The van der Waals surface area contributed by atoms with Crippen LogP contribution in [-0.4, -0.2) is 22.4 Å². The van der Waals surface area contributed by atoms with E-state index in [9.17, 15) is 19.2 Å². The molecule has 184 valence electrons. The maximum absolute atomic E-state index is 14.3. The molecule has 0 unspecified atom stereocenters. The second-order valence-electron chi connectivity index (χ2n) is 8.56. The number of carbonyl (C=O) groups is 1. The van der Waals surface area contributed by atoms with Crippen molar-refractivity contribution in [3.8, 4) is 11.6 Å². The van der Waals surface area contributed by atoms with Gasteiger partial charge < -0.3 is 24.5 Å². The molecule has 0 aliphatic carbocycles. The summed E-state index contributed by atoms with van der Waals surface area (Å²) in [6.45, 7) is 2.36. The smallest absolute Gasteiger partial charge is 0.251 e. The lowest BCUT2D eigenvalue weighted by Crippen LogP contribution is -2.22. The number of nitrogens with one attached hydrogen (secondary N) is 1. The summed E-state index contributed by atoms with van der Waals surface area (Å²) >= 11 is 6.10. The predicted octanol–water partition coefficient (Wildman–Crippen LogP) is 5.69. The van der Waals surface area contributed by atoms with Gasteiger partial charge in [0.2, 0.25) is 5.88 Å². The number of hydrogen-bond acceptors (Lipinski definition) is 6. The molecule has 5 rings (SSSR count). The number of amides is 1. The van der Waals surface area contributed by atoms with Gasteiger partial charge in [0.15, 0.2) is 12.5 Å². The normalized spacial score (nSPS) is 12.8. The number of aromatic hydroxyl groups is 1. The quantitative estimate of drug-likeness (QED) is 0.325. The van der Waals surface area contributed by atoms with Crippen molar-refractivity contribution in [3.63, 3.8) is 0 Å². The molecule has 0 bridgehead atoms. The molecule has 4 aromatic rings. The van der Waals surface area contributed by atoms with Gasteiger partial charge in [0, 0.05) is 33.6 Å². The Morgan fingerprint density at radius 2 is 2.06 bits per heavy atom. The van der Waals surface area contributed by atoms with Gasteiger partial charge in [-0.3, -0.25) is 4.79 Å². The Labute approximate surface area is 210 Å². The lowest BCUT2D eigenvalue weighted by Gasteiger charge is -2.21. The number of nitrogens with zero attached hydrogens (tertiary/aromatic N) is 2. The number of nitroso groups, excluding NO2 is 1. The Balaban J connectivity index is 1.49. The van der Waals surface area contributed by atoms with Crippen molar-refractivity contribution in [1.82, 2.24) is 9.88 Å². The van der Waals surface area contributed by atoms with Crippen LogP contribution in [-0.2, 0) is 24.4 Å². The van der Waals surface area contributed by atoms with E-state index in [1.54, 1.807) is 24.3 Å². The molecule has 0 saturated heterocycles. The van der Waals surface area contributed by atoms with Gasteiger partial charge in [-0.2, -0.15) is 0 Å². The number of hydrogen-bond donors (Lipinski definition) is 2. The molecular formula is C26H21ClFN3O5. The molecule has 1 amide bonds. The summed E-state index contributed by atoms with van der Waals surface area (Å²) in [4.78, 5) is 24.4. The van der Waals surface area contributed by atoms with E-state index in [-0.39, 0.29) is 38.1 Å². The van der Waals surface area contributed by atoms with Gasteiger partial charge >= 0.3 is 0 Å². The molecule has 0 spiro atoms. The van der Waals surface area contributed by atoms with Crippen LogP contribution in [0.1, 0.15) is 32.6 Å². The molecule has 0 radical (unpaired) electrons. The number of aryl methyl sites for hydroxylation is 1. The summed E-state index contributed by atoms with van der Waals surface area (Å²) in [6.07, 6.45) is 0. The van der Waals surface area contributed by atoms with Crippen molar-refractivity contribution in [2.75, 3.05) is 6.79 Å². The number of fused-ring (bicyclic) bond motifs is 2. The Kier molecular flexibility index (Phi) is 6.34. The van der Waals surface area contributed by atoms with E-state index in [0.29, 0.717) is 38.4 Å². The van der Waals surface area contributed by atoms with Crippen molar-refractivity contribution in [2.24, 2.45) is 5.18 Å². The number of carbonyl (C=O) groups excluding carboxylic acids is 1. The molecular weight excluding hydrogens is 489 g/mol. The Morgan fingerprint density at radius 3 is 2.83 bits per heavy atom. The highest BCUT2D eigenvalue weighted by Crippen LogP contribution is 2.40. The standard InChI is InChI=1S/C26H21ClFN3O5/c1-14-4-15(6-19(27)5-14)10-29-25(32)16-2-3-21-22(9-16)31(26(33)23(21)30-34)11-17-7-20(28)8-18-12-35-13-36-24(17)18/h2-9,33H,10-13H2,1H3,(H,29,32). The fourth-order valence-corrected chi connectivity index (χ4v) is 4.76. The monoisotopic (exact) mass is 509 g/mol. The lowest BCUT2D eigenvalue weighted by atomic mass is 10.1. The van der Waals surface area contributed by atoms with Gasteiger partial charge in [-0.25, -0.2) is 4.39 Å². The first-order chi connectivity index (χ1) is 17.3. The van der Waals surface area contributed by atoms with Crippen LogP contribution < -0.4 is 10.1 Å². The third kappa shape index (κ3) is 4.50. The van der Waals surface area contributed by atoms with E-state index < -0.39 is 11.7 Å². The van der Waals surface area contributed by atoms with Gasteiger partial charge in [0.25, 0.3) is 5.91 Å². The summed E-state index contributed by atoms with van der Waals surface area (Å²) in [5.74, 6) is -0.780. The topological polar surface area (TPSA) is 102 Å². The SMILES string of the molecule is Cc1cc(Cl)cc(CNC(=O)c2ccc3c(N=O)c(O)n(Cc4cc(F)cc5c4OCOC5)c3c2)c1.